The van der Waals surface area contributed by atoms with Crippen molar-refractivity contribution in [2.45, 2.75) is 24.7 Å². The van der Waals surface area contributed by atoms with Crippen molar-refractivity contribution in [3.8, 4) is 0 Å². The normalized spacial score (nSPS) is 18.5. The molecule has 0 aliphatic carbocycles. The van der Waals surface area contributed by atoms with Crippen LogP contribution in [0.4, 0.5) is 0 Å². The summed E-state index contributed by atoms with van der Waals surface area (Å²) < 4.78 is 17.4. The van der Waals surface area contributed by atoms with Crippen molar-refractivity contribution >= 4 is 16.9 Å². The van der Waals surface area contributed by atoms with Crippen LogP contribution in [0.1, 0.15) is 25.3 Å². The number of unbranched alkanes of at least 4 members (excludes halogenated alkanes) is 1. The van der Waals surface area contributed by atoms with E-state index < -0.39 is 10.8 Å². The summed E-state index contributed by atoms with van der Waals surface area (Å²) in [6.45, 7) is 2.76. The minimum atomic E-state index is -1.10. The second kappa shape index (κ2) is 4.62. The van der Waals surface area contributed by atoms with Crippen molar-refractivity contribution in [1.29, 1.82) is 0 Å². The van der Waals surface area contributed by atoms with Crippen molar-refractivity contribution < 1.29 is 8.95 Å². The third kappa shape index (κ3) is 2.12. The van der Waals surface area contributed by atoms with Crippen LogP contribution >= 0.6 is 0 Å². The molecule has 0 radical (unpaired) electrons. The molecule has 2 nitrogen and oxygen atoms in total. The first-order valence-corrected chi connectivity index (χ1v) is 6.33. The molecule has 0 saturated heterocycles. The van der Waals surface area contributed by atoms with Crippen molar-refractivity contribution in [2.24, 2.45) is 0 Å². The fraction of sp³-hybridized carbons (Fsp3) is 0.333. The topological polar surface area (TPSA) is 26.3 Å². The van der Waals surface area contributed by atoms with E-state index in [1.165, 1.54) is 0 Å². The standard InChI is InChI=1S/C12H14O2S/c1-2-3-8-14-12-9-10-6-4-5-7-11(10)15(12)13/h4-7,9H,2-3,8H2,1H3. The largest absolute Gasteiger partial charge is 0.485 e. The quantitative estimate of drug-likeness (QED) is 0.732. The van der Waals surface area contributed by atoms with Gasteiger partial charge >= 0.3 is 0 Å². The number of rotatable bonds is 4. The molecule has 0 fully saturated rings. The van der Waals surface area contributed by atoms with E-state index >= 15 is 0 Å². The molecule has 80 valence electrons. The fourth-order valence-electron chi connectivity index (χ4n) is 1.47. The summed E-state index contributed by atoms with van der Waals surface area (Å²) >= 11 is 0. The highest BCUT2D eigenvalue weighted by molar-refractivity contribution is 7.89. The molecule has 1 aliphatic heterocycles. The molecule has 1 aromatic carbocycles. The average Bonchev–Trinajstić information content (AvgIpc) is 2.57. The van der Waals surface area contributed by atoms with E-state index in [0.717, 1.165) is 23.3 Å². The predicted molar refractivity (Wildman–Crippen MR) is 61.7 cm³/mol. The van der Waals surface area contributed by atoms with Crippen LogP contribution in [0.2, 0.25) is 0 Å². The smallest absolute Gasteiger partial charge is 0.188 e. The zero-order chi connectivity index (χ0) is 10.7. The van der Waals surface area contributed by atoms with E-state index in [1.807, 2.05) is 30.3 Å². The Balaban J connectivity index is 2.09. The van der Waals surface area contributed by atoms with Crippen LogP contribution in [0.25, 0.3) is 6.08 Å². The van der Waals surface area contributed by atoms with Gasteiger partial charge in [-0.2, -0.15) is 0 Å². The predicted octanol–water partition coefficient (Wildman–Crippen LogP) is 2.92. The van der Waals surface area contributed by atoms with Gasteiger partial charge in [-0.15, -0.1) is 0 Å². The first kappa shape index (κ1) is 10.4. The van der Waals surface area contributed by atoms with Crippen LogP contribution in [0.15, 0.2) is 34.3 Å². The molecule has 1 aromatic rings. The van der Waals surface area contributed by atoms with E-state index in [0.29, 0.717) is 11.7 Å². The van der Waals surface area contributed by atoms with Crippen molar-refractivity contribution in [3.05, 3.63) is 34.9 Å². The molecule has 3 heteroatoms. The SMILES string of the molecule is CCCCOC1=Cc2ccccc2S1=O. The third-order valence-corrected chi connectivity index (χ3v) is 3.69. The molecule has 15 heavy (non-hydrogen) atoms. The number of fused-ring (bicyclic) bond motifs is 1. The average molecular weight is 222 g/mol. The summed E-state index contributed by atoms with van der Waals surface area (Å²) in [5, 5.41) is 0.602. The van der Waals surface area contributed by atoms with Crippen molar-refractivity contribution in [1.82, 2.24) is 0 Å². The molecule has 0 aromatic heterocycles. The van der Waals surface area contributed by atoms with Crippen LogP contribution in [-0.2, 0) is 15.5 Å². The zero-order valence-electron chi connectivity index (χ0n) is 8.73. The Labute approximate surface area is 92.4 Å². The lowest BCUT2D eigenvalue weighted by atomic mass is 10.2. The minimum Gasteiger partial charge on any atom is -0.485 e. The van der Waals surface area contributed by atoms with Gasteiger partial charge in [0.1, 0.15) is 10.8 Å². The van der Waals surface area contributed by atoms with E-state index in [1.54, 1.807) is 0 Å². The van der Waals surface area contributed by atoms with E-state index in [4.69, 9.17) is 4.74 Å². The number of hydrogen-bond acceptors (Lipinski definition) is 2. The summed E-state index contributed by atoms with van der Waals surface area (Å²) in [5.74, 6) is 0. The van der Waals surface area contributed by atoms with Crippen LogP contribution in [0, 0.1) is 0 Å². The maximum absolute atomic E-state index is 11.9. The van der Waals surface area contributed by atoms with Gasteiger partial charge in [0.15, 0.2) is 5.09 Å². The van der Waals surface area contributed by atoms with Gasteiger partial charge < -0.3 is 4.74 Å². The highest BCUT2D eigenvalue weighted by Gasteiger charge is 2.21. The monoisotopic (exact) mass is 222 g/mol. The highest BCUT2D eigenvalue weighted by atomic mass is 32.2. The Morgan fingerprint density at radius 2 is 2.13 bits per heavy atom. The minimum absolute atomic E-state index is 0.602. The lowest BCUT2D eigenvalue weighted by molar-refractivity contribution is 0.234. The Hall–Kier alpha value is -1.09. The van der Waals surface area contributed by atoms with Crippen LogP contribution in [-0.4, -0.2) is 10.8 Å². The maximum atomic E-state index is 11.9. The van der Waals surface area contributed by atoms with Crippen LogP contribution in [0.5, 0.6) is 0 Å². The molecule has 1 atom stereocenters. The Morgan fingerprint density at radius 3 is 2.87 bits per heavy atom. The molecule has 0 N–H and O–H groups in total. The van der Waals surface area contributed by atoms with Crippen molar-refractivity contribution in [3.63, 3.8) is 0 Å². The Morgan fingerprint density at radius 1 is 1.33 bits per heavy atom. The molecule has 0 amide bonds. The highest BCUT2D eigenvalue weighted by Crippen LogP contribution is 2.29. The first-order valence-electron chi connectivity index (χ1n) is 5.18. The van der Waals surface area contributed by atoms with Crippen LogP contribution < -0.4 is 0 Å². The first-order chi connectivity index (χ1) is 7.33. The van der Waals surface area contributed by atoms with E-state index in [-0.39, 0.29) is 0 Å². The summed E-state index contributed by atoms with van der Waals surface area (Å²) in [7, 11) is -1.10. The lowest BCUT2D eigenvalue weighted by Gasteiger charge is -2.04. The van der Waals surface area contributed by atoms with Gasteiger partial charge in [0, 0.05) is 0 Å². The van der Waals surface area contributed by atoms with Gasteiger partial charge in [-0.25, -0.2) is 4.21 Å². The molecule has 1 heterocycles. The molecule has 0 spiro atoms. The molecule has 1 aliphatic rings. The lowest BCUT2D eigenvalue weighted by Crippen LogP contribution is -1.98. The third-order valence-electron chi connectivity index (χ3n) is 2.32. The number of benzene rings is 1. The number of ether oxygens (including phenoxy) is 1. The Bertz CT molecular complexity index is 410. The van der Waals surface area contributed by atoms with Gasteiger partial charge in [-0.05, 0) is 24.1 Å². The number of hydrogen-bond donors (Lipinski definition) is 0. The van der Waals surface area contributed by atoms with E-state index in [9.17, 15) is 4.21 Å². The van der Waals surface area contributed by atoms with Gasteiger partial charge in [0.05, 0.1) is 11.5 Å². The molecule has 0 bridgehead atoms. The molecular weight excluding hydrogens is 208 g/mol. The zero-order valence-corrected chi connectivity index (χ0v) is 9.55. The van der Waals surface area contributed by atoms with Crippen molar-refractivity contribution in [2.75, 3.05) is 6.61 Å². The second-order valence-electron chi connectivity index (χ2n) is 3.47. The fourth-order valence-corrected chi connectivity index (χ4v) is 2.65. The second-order valence-corrected chi connectivity index (χ2v) is 4.85. The molecule has 2 rings (SSSR count). The summed E-state index contributed by atoms with van der Waals surface area (Å²) in [6.07, 6.45) is 3.97. The maximum Gasteiger partial charge on any atom is 0.188 e. The van der Waals surface area contributed by atoms with Gasteiger partial charge in [0.25, 0.3) is 0 Å². The summed E-state index contributed by atoms with van der Waals surface area (Å²) in [6, 6.07) is 7.70. The molecule has 0 saturated carbocycles. The van der Waals surface area contributed by atoms with E-state index in [2.05, 4.69) is 6.92 Å². The van der Waals surface area contributed by atoms with Crippen LogP contribution in [0.3, 0.4) is 0 Å². The Kier molecular flexibility index (Phi) is 3.21. The summed E-state index contributed by atoms with van der Waals surface area (Å²) in [5.41, 5.74) is 1.02. The molecular formula is C12H14O2S. The summed E-state index contributed by atoms with van der Waals surface area (Å²) in [4.78, 5) is 0.865. The van der Waals surface area contributed by atoms with Gasteiger partial charge in [-0.3, -0.25) is 0 Å². The molecule has 1 unspecified atom stereocenters. The van der Waals surface area contributed by atoms with Gasteiger partial charge in [0.2, 0.25) is 0 Å². The van der Waals surface area contributed by atoms with Gasteiger partial charge in [-0.1, -0.05) is 31.5 Å².